The van der Waals surface area contributed by atoms with Crippen LogP contribution in [0.5, 0.6) is 11.5 Å². The third-order valence-electron chi connectivity index (χ3n) is 3.92. The summed E-state index contributed by atoms with van der Waals surface area (Å²) in [5.74, 6) is 1.54. The minimum absolute atomic E-state index is 0.151. The lowest BCUT2D eigenvalue weighted by Gasteiger charge is -2.16. The Morgan fingerprint density at radius 2 is 1.92 bits per heavy atom. The number of carbonyl (C=O) groups excluding carboxylic acids is 1. The summed E-state index contributed by atoms with van der Waals surface area (Å²) in [4.78, 5) is 18.2. The molecule has 0 aliphatic heterocycles. The summed E-state index contributed by atoms with van der Waals surface area (Å²) in [6.07, 6.45) is 3.03. The molecule has 0 saturated heterocycles. The number of rotatable bonds is 6. The van der Waals surface area contributed by atoms with Crippen LogP contribution in [0.25, 0.3) is 17.2 Å². The van der Waals surface area contributed by atoms with Gasteiger partial charge < -0.3 is 18.8 Å². The van der Waals surface area contributed by atoms with E-state index in [0.29, 0.717) is 29.5 Å². The summed E-state index contributed by atoms with van der Waals surface area (Å²) in [7, 11) is 4.90. The average molecular weight is 352 g/mol. The number of likely N-dealkylation sites (N-methyl/N-ethyl adjacent to an activating group) is 1. The first kappa shape index (κ1) is 17.5. The molecule has 1 heterocycles. The number of para-hydroxylation sites is 2. The molecular formula is C20H20N2O4. The van der Waals surface area contributed by atoms with Crippen molar-refractivity contribution in [1.29, 1.82) is 0 Å². The van der Waals surface area contributed by atoms with Crippen LogP contribution in [-0.2, 0) is 11.3 Å². The highest BCUT2D eigenvalue weighted by molar-refractivity contribution is 5.91. The summed E-state index contributed by atoms with van der Waals surface area (Å²) < 4.78 is 16.1. The summed E-state index contributed by atoms with van der Waals surface area (Å²) >= 11 is 0. The fourth-order valence-corrected chi connectivity index (χ4v) is 2.56. The predicted octanol–water partition coefficient (Wildman–Crippen LogP) is 3.52. The van der Waals surface area contributed by atoms with Crippen LogP contribution in [0.4, 0.5) is 0 Å². The Labute approximate surface area is 151 Å². The largest absolute Gasteiger partial charge is 0.493 e. The molecule has 6 nitrogen and oxygen atoms in total. The molecule has 0 aliphatic carbocycles. The summed E-state index contributed by atoms with van der Waals surface area (Å²) in [5, 5.41) is 0. The number of nitrogens with zero attached hydrogens (tertiary/aromatic N) is 2. The molecule has 2 aromatic carbocycles. The summed E-state index contributed by atoms with van der Waals surface area (Å²) in [6.45, 7) is 0.442. The number of benzene rings is 2. The van der Waals surface area contributed by atoms with Crippen molar-refractivity contribution >= 4 is 23.1 Å². The first-order valence-corrected chi connectivity index (χ1v) is 8.10. The van der Waals surface area contributed by atoms with Gasteiger partial charge in [-0.05, 0) is 29.8 Å². The molecule has 1 aromatic heterocycles. The molecule has 0 radical (unpaired) electrons. The molecule has 0 N–H and O–H groups in total. The highest BCUT2D eigenvalue weighted by atomic mass is 16.5. The lowest BCUT2D eigenvalue weighted by Crippen LogP contribution is -2.24. The van der Waals surface area contributed by atoms with E-state index < -0.39 is 0 Å². The van der Waals surface area contributed by atoms with E-state index in [1.165, 1.54) is 6.08 Å². The zero-order chi connectivity index (χ0) is 18.5. The number of hydrogen-bond acceptors (Lipinski definition) is 5. The summed E-state index contributed by atoms with van der Waals surface area (Å²) in [5.41, 5.74) is 2.39. The Kier molecular flexibility index (Phi) is 5.22. The molecule has 0 unspecified atom stereocenters. The van der Waals surface area contributed by atoms with E-state index in [1.807, 2.05) is 42.5 Å². The monoisotopic (exact) mass is 352 g/mol. The van der Waals surface area contributed by atoms with Gasteiger partial charge in [0, 0.05) is 25.7 Å². The third-order valence-corrected chi connectivity index (χ3v) is 3.92. The van der Waals surface area contributed by atoms with Crippen LogP contribution in [-0.4, -0.2) is 37.1 Å². The van der Waals surface area contributed by atoms with Crippen molar-refractivity contribution in [3.63, 3.8) is 0 Å². The van der Waals surface area contributed by atoms with E-state index in [9.17, 15) is 4.79 Å². The van der Waals surface area contributed by atoms with Crippen LogP contribution in [0.1, 0.15) is 11.5 Å². The van der Waals surface area contributed by atoms with Gasteiger partial charge in [0.25, 0.3) is 0 Å². The standard InChI is InChI=1S/C20H20N2O4/c1-22(13-14-8-9-17(24-2)18(12-14)25-3)20(23)11-10-19-21-15-6-4-5-7-16(15)26-19/h4-12H,13H2,1-3H3/b11-10+. The molecule has 0 spiro atoms. The van der Waals surface area contributed by atoms with Gasteiger partial charge in [-0.2, -0.15) is 0 Å². The molecule has 3 rings (SSSR count). The molecule has 1 amide bonds. The van der Waals surface area contributed by atoms with Gasteiger partial charge in [0.1, 0.15) is 5.52 Å². The lowest BCUT2D eigenvalue weighted by molar-refractivity contribution is -0.125. The van der Waals surface area contributed by atoms with Crippen molar-refractivity contribution < 1.29 is 18.7 Å². The van der Waals surface area contributed by atoms with Gasteiger partial charge in [0.2, 0.25) is 11.8 Å². The Bertz CT molecular complexity index is 913. The van der Waals surface area contributed by atoms with Crippen LogP contribution < -0.4 is 9.47 Å². The van der Waals surface area contributed by atoms with Crippen molar-refractivity contribution in [3.8, 4) is 11.5 Å². The van der Waals surface area contributed by atoms with Gasteiger partial charge in [-0.25, -0.2) is 4.98 Å². The minimum Gasteiger partial charge on any atom is -0.493 e. The third kappa shape index (κ3) is 3.85. The van der Waals surface area contributed by atoms with E-state index in [0.717, 1.165) is 11.1 Å². The number of amides is 1. The van der Waals surface area contributed by atoms with Crippen molar-refractivity contribution in [2.24, 2.45) is 0 Å². The smallest absolute Gasteiger partial charge is 0.246 e. The summed E-state index contributed by atoms with van der Waals surface area (Å²) in [6, 6.07) is 13.0. The second-order valence-corrected chi connectivity index (χ2v) is 5.74. The van der Waals surface area contributed by atoms with Crippen molar-refractivity contribution in [3.05, 3.63) is 60.0 Å². The van der Waals surface area contributed by atoms with Gasteiger partial charge >= 0.3 is 0 Å². The van der Waals surface area contributed by atoms with Crippen molar-refractivity contribution in [1.82, 2.24) is 9.88 Å². The number of ether oxygens (including phenoxy) is 2. The maximum absolute atomic E-state index is 12.3. The van der Waals surface area contributed by atoms with Gasteiger partial charge in [-0.1, -0.05) is 18.2 Å². The second kappa shape index (κ2) is 7.74. The molecule has 0 bridgehead atoms. The average Bonchev–Trinajstić information content (AvgIpc) is 3.08. The molecule has 6 heteroatoms. The SMILES string of the molecule is COc1ccc(CN(C)C(=O)/C=C/c2nc3ccccc3o2)cc1OC. The highest BCUT2D eigenvalue weighted by Crippen LogP contribution is 2.28. The minimum atomic E-state index is -0.151. The Hall–Kier alpha value is -3.28. The van der Waals surface area contributed by atoms with E-state index in [-0.39, 0.29) is 5.91 Å². The normalized spacial score (nSPS) is 11.0. The first-order valence-electron chi connectivity index (χ1n) is 8.10. The molecule has 3 aromatic rings. The van der Waals surface area contributed by atoms with Crippen LogP contribution in [0.2, 0.25) is 0 Å². The van der Waals surface area contributed by atoms with Gasteiger partial charge in [0.15, 0.2) is 17.1 Å². The molecule has 0 saturated carbocycles. The topological polar surface area (TPSA) is 64.8 Å². The zero-order valence-electron chi connectivity index (χ0n) is 14.9. The van der Waals surface area contributed by atoms with Gasteiger partial charge in [-0.15, -0.1) is 0 Å². The Morgan fingerprint density at radius 1 is 1.15 bits per heavy atom. The number of carbonyl (C=O) groups is 1. The quantitative estimate of drug-likeness (QED) is 0.635. The van der Waals surface area contributed by atoms with Crippen LogP contribution in [0.15, 0.2) is 53.0 Å². The van der Waals surface area contributed by atoms with E-state index in [1.54, 1.807) is 32.2 Å². The van der Waals surface area contributed by atoms with E-state index in [4.69, 9.17) is 13.9 Å². The number of methoxy groups -OCH3 is 2. The highest BCUT2D eigenvalue weighted by Gasteiger charge is 2.10. The number of aromatic nitrogens is 1. The Morgan fingerprint density at radius 3 is 2.65 bits per heavy atom. The second-order valence-electron chi connectivity index (χ2n) is 5.74. The first-order chi connectivity index (χ1) is 12.6. The molecule has 0 atom stereocenters. The number of oxazole rings is 1. The van der Waals surface area contributed by atoms with Crippen LogP contribution in [0.3, 0.4) is 0 Å². The van der Waals surface area contributed by atoms with Crippen molar-refractivity contribution in [2.75, 3.05) is 21.3 Å². The predicted molar refractivity (Wildman–Crippen MR) is 99.1 cm³/mol. The van der Waals surface area contributed by atoms with Crippen LogP contribution >= 0.6 is 0 Å². The molecule has 26 heavy (non-hydrogen) atoms. The van der Waals surface area contributed by atoms with E-state index in [2.05, 4.69) is 4.98 Å². The maximum Gasteiger partial charge on any atom is 0.246 e. The molecule has 0 fully saturated rings. The van der Waals surface area contributed by atoms with Gasteiger partial charge in [0.05, 0.1) is 14.2 Å². The van der Waals surface area contributed by atoms with E-state index >= 15 is 0 Å². The number of fused-ring (bicyclic) bond motifs is 1. The van der Waals surface area contributed by atoms with Gasteiger partial charge in [-0.3, -0.25) is 4.79 Å². The Balaban J connectivity index is 1.67. The van der Waals surface area contributed by atoms with Crippen molar-refractivity contribution in [2.45, 2.75) is 6.54 Å². The zero-order valence-corrected chi connectivity index (χ0v) is 14.9. The molecule has 134 valence electrons. The lowest BCUT2D eigenvalue weighted by atomic mass is 10.2. The fourth-order valence-electron chi connectivity index (χ4n) is 2.56. The fraction of sp³-hybridized carbons (Fsp3) is 0.200. The number of hydrogen-bond donors (Lipinski definition) is 0. The van der Waals surface area contributed by atoms with Crippen LogP contribution in [0, 0.1) is 0 Å². The molecular weight excluding hydrogens is 332 g/mol. The molecule has 0 aliphatic rings. The maximum atomic E-state index is 12.3.